The van der Waals surface area contributed by atoms with Gasteiger partial charge >= 0.3 is 0 Å². The van der Waals surface area contributed by atoms with Crippen molar-refractivity contribution in [2.24, 2.45) is 16.8 Å². The molecule has 1 heterocycles. The zero-order valence-corrected chi connectivity index (χ0v) is 9.60. The smallest absolute Gasteiger partial charge is 0.228 e. The third-order valence-corrected chi connectivity index (χ3v) is 3.12. The molecule has 3 nitrogen and oxygen atoms in total. The van der Waals surface area contributed by atoms with Gasteiger partial charge in [0.25, 0.3) is 0 Å². The molecule has 0 radical (unpaired) electrons. The van der Waals surface area contributed by atoms with Crippen molar-refractivity contribution in [3.05, 3.63) is 35.9 Å². The number of rotatable bonds is 2. The highest BCUT2D eigenvalue weighted by Gasteiger charge is 2.32. The number of hydrogen-bond donors (Lipinski definition) is 1. The molecule has 0 aliphatic carbocycles. The summed E-state index contributed by atoms with van der Waals surface area (Å²) in [5.74, 6) is 1.14. The van der Waals surface area contributed by atoms with Gasteiger partial charge in [0, 0.05) is 11.8 Å². The van der Waals surface area contributed by atoms with E-state index in [9.17, 15) is 4.79 Å². The molecule has 0 aromatic heterocycles. The van der Waals surface area contributed by atoms with Gasteiger partial charge < -0.3 is 5.32 Å². The molecule has 16 heavy (non-hydrogen) atoms. The number of amidine groups is 1. The minimum Gasteiger partial charge on any atom is -0.314 e. The molecule has 1 amide bonds. The lowest BCUT2D eigenvalue weighted by Crippen LogP contribution is -2.22. The lowest BCUT2D eigenvalue weighted by molar-refractivity contribution is -0.122. The van der Waals surface area contributed by atoms with E-state index in [-0.39, 0.29) is 17.7 Å². The molecule has 2 rings (SSSR count). The normalized spacial score (nSPS) is 27.1. The summed E-state index contributed by atoms with van der Waals surface area (Å²) in [5, 5.41) is 2.83. The van der Waals surface area contributed by atoms with Crippen LogP contribution in [0.15, 0.2) is 35.3 Å². The van der Waals surface area contributed by atoms with Gasteiger partial charge in [-0.2, -0.15) is 0 Å². The number of nitrogens with one attached hydrogen (secondary N) is 1. The van der Waals surface area contributed by atoms with Crippen molar-refractivity contribution in [1.82, 2.24) is 5.32 Å². The van der Waals surface area contributed by atoms with Gasteiger partial charge in [0.05, 0.1) is 6.54 Å². The standard InChI is InChI=1S/C13H16N2O/c1-9-10(2)13(16)15-12(9)14-8-11-6-4-3-5-7-11/h3-7,9-10H,8H2,1-2H3,(H,14,15,16)/t9-,10-/m1/s1. The Labute approximate surface area is 95.6 Å². The maximum atomic E-state index is 11.4. The molecule has 3 heteroatoms. The first-order chi connectivity index (χ1) is 7.68. The SMILES string of the molecule is C[C@H]1C(=O)NC(=NCc2ccccc2)[C@@H]1C. The van der Waals surface area contributed by atoms with Gasteiger partial charge in [0.15, 0.2) is 0 Å². The highest BCUT2D eigenvalue weighted by Crippen LogP contribution is 2.19. The summed E-state index contributed by atoms with van der Waals surface area (Å²) >= 11 is 0. The second-order valence-corrected chi connectivity index (χ2v) is 4.25. The minimum atomic E-state index is 0.0366. The van der Waals surface area contributed by atoms with Crippen LogP contribution in [0, 0.1) is 11.8 Å². The zero-order valence-electron chi connectivity index (χ0n) is 9.60. The fourth-order valence-electron chi connectivity index (χ4n) is 1.76. The number of nitrogens with zero attached hydrogens (tertiary/aromatic N) is 1. The largest absolute Gasteiger partial charge is 0.314 e. The van der Waals surface area contributed by atoms with E-state index in [1.54, 1.807) is 0 Å². The summed E-state index contributed by atoms with van der Waals surface area (Å²) in [6.07, 6.45) is 0. The number of aliphatic imine (C=N–C) groups is 1. The molecule has 0 unspecified atom stereocenters. The Morgan fingerprint density at radius 1 is 1.19 bits per heavy atom. The topological polar surface area (TPSA) is 41.5 Å². The Morgan fingerprint density at radius 3 is 2.44 bits per heavy atom. The van der Waals surface area contributed by atoms with Gasteiger partial charge in [0.2, 0.25) is 5.91 Å². The molecule has 84 valence electrons. The molecule has 1 aromatic carbocycles. The van der Waals surface area contributed by atoms with Crippen LogP contribution in [0.1, 0.15) is 19.4 Å². The minimum absolute atomic E-state index is 0.0366. The lowest BCUT2D eigenvalue weighted by Gasteiger charge is -2.05. The van der Waals surface area contributed by atoms with Gasteiger partial charge in [-0.25, -0.2) is 0 Å². The molecule has 1 aliphatic rings. The van der Waals surface area contributed by atoms with Crippen LogP contribution in [-0.4, -0.2) is 11.7 Å². The monoisotopic (exact) mass is 216 g/mol. The van der Waals surface area contributed by atoms with Crippen LogP contribution in [0.3, 0.4) is 0 Å². The Hall–Kier alpha value is -1.64. The summed E-state index contributed by atoms with van der Waals surface area (Å²) in [6, 6.07) is 10.0. The van der Waals surface area contributed by atoms with E-state index in [1.165, 1.54) is 0 Å². The first-order valence-electron chi connectivity index (χ1n) is 5.57. The molecule has 1 N–H and O–H groups in total. The summed E-state index contributed by atoms with van der Waals surface area (Å²) in [7, 11) is 0. The van der Waals surface area contributed by atoms with Crippen molar-refractivity contribution in [2.75, 3.05) is 0 Å². The highest BCUT2D eigenvalue weighted by molar-refractivity contribution is 6.07. The second-order valence-electron chi connectivity index (χ2n) is 4.25. The van der Waals surface area contributed by atoms with Crippen LogP contribution in [0.25, 0.3) is 0 Å². The summed E-state index contributed by atoms with van der Waals surface area (Å²) in [5.41, 5.74) is 1.16. The van der Waals surface area contributed by atoms with E-state index >= 15 is 0 Å². The molecule has 0 spiro atoms. The van der Waals surface area contributed by atoms with E-state index in [2.05, 4.69) is 10.3 Å². The van der Waals surface area contributed by atoms with Crippen molar-refractivity contribution in [3.63, 3.8) is 0 Å². The van der Waals surface area contributed by atoms with Gasteiger partial charge in [-0.05, 0) is 5.56 Å². The molecule has 1 saturated heterocycles. The molecular weight excluding hydrogens is 200 g/mol. The van der Waals surface area contributed by atoms with Gasteiger partial charge in [-0.3, -0.25) is 9.79 Å². The first-order valence-corrected chi connectivity index (χ1v) is 5.57. The van der Waals surface area contributed by atoms with Crippen LogP contribution in [-0.2, 0) is 11.3 Å². The molecule has 0 bridgehead atoms. The summed E-state index contributed by atoms with van der Waals surface area (Å²) in [6.45, 7) is 4.60. The predicted molar refractivity (Wildman–Crippen MR) is 64.1 cm³/mol. The Kier molecular flexibility index (Phi) is 3.04. The van der Waals surface area contributed by atoms with Crippen molar-refractivity contribution in [1.29, 1.82) is 0 Å². The molecule has 1 aliphatic heterocycles. The molecule has 2 atom stereocenters. The second kappa shape index (κ2) is 4.47. The molecule has 0 saturated carbocycles. The number of hydrogen-bond acceptors (Lipinski definition) is 2. The summed E-state index contributed by atoms with van der Waals surface area (Å²) in [4.78, 5) is 15.9. The fourth-order valence-corrected chi connectivity index (χ4v) is 1.76. The van der Waals surface area contributed by atoms with E-state index in [0.29, 0.717) is 6.54 Å². The van der Waals surface area contributed by atoms with Gasteiger partial charge in [-0.15, -0.1) is 0 Å². The lowest BCUT2D eigenvalue weighted by atomic mass is 9.99. The molecule has 1 aromatic rings. The fraction of sp³-hybridized carbons (Fsp3) is 0.385. The predicted octanol–water partition coefficient (Wildman–Crippen LogP) is 1.99. The maximum absolute atomic E-state index is 11.4. The number of carbonyl (C=O) groups excluding carboxylic acids is 1. The molecular formula is C13H16N2O. The summed E-state index contributed by atoms with van der Waals surface area (Å²) < 4.78 is 0. The average molecular weight is 216 g/mol. The van der Waals surface area contributed by atoms with E-state index in [1.807, 2.05) is 44.2 Å². The van der Waals surface area contributed by atoms with Crippen LogP contribution in [0.5, 0.6) is 0 Å². The van der Waals surface area contributed by atoms with Crippen LogP contribution < -0.4 is 5.32 Å². The van der Waals surface area contributed by atoms with Gasteiger partial charge in [0.1, 0.15) is 5.84 Å². The third kappa shape index (κ3) is 2.13. The van der Waals surface area contributed by atoms with Crippen molar-refractivity contribution >= 4 is 11.7 Å². The number of amides is 1. The Balaban J connectivity index is 2.07. The van der Waals surface area contributed by atoms with Gasteiger partial charge in [-0.1, -0.05) is 44.2 Å². The Bertz CT molecular complexity index is 411. The van der Waals surface area contributed by atoms with Crippen LogP contribution in [0.4, 0.5) is 0 Å². The maximum Gasteiger partial charge on any atom is 0.228 e. The van der Waals surface area contributed by atoms with E-state index < -0.39 is 0 Å². The zero-order chi connectivity index (χ0) is 11.5. The van der Waals surface area contributed by atoms with Crippen LogP contribution in [0.2, 0.25) is 0 Å². The number of benzene rings is 1. The first kappa shape index (κ1) is 10.9. The average Bonchev–Trinajstić information content (AvgIpc) is 2.56. The van der Waals surface area contributed by atoms with Crippen LogP contribution >= 0.6 is 0 Å². The van der Waals surface area contributed by atoms with E-state index in [4.69, 9.17) is 0 Å². The highest BCUT2D eigenvalue weighted by atomic mass is 16.2. The van der Waals surface area contributed by atoms with Crippen molar-refractivity contribution in [3.8, 4) is 0 Å². The quantitative estimate of drug-likeness (QED) is 0.807. The van der Waals surface area contributed by atoms with E-state index in [0.717, 1.165) is 11.4 Å². The van der Waals surface area contributed by atoms with Crippen molar-refractivity contribution in [2.45, 2.75) is 20.4 Å². The number of carbonyl (C=O) groups is 1. The third-order valence-electron chi connectivity index (χ3n) is 3.12. The molecule has 1 fully saturated rings. The Morgan fingerprint density at radius 2 is 1.88 bits per heavy atom. The van der Waals surface area contributed by atoms with Crippen molar-refractivity contribution < 1.29 is 4.79 Å².